The van der Waals surface area contributed by atoms with E-state index >= 15 is 0 Å². The number of aromatic nitrogens is 2. The van der Waals surface area contributed by atoms with Crippen LogP contribution in [0.15, 0.2) is 95.7 Å². The number of nitrogens with zero attached hydrogens (tertiary/aromatic N) is 4. The summed E-state index contributed by atoms with van der Waals surface area (Å²) in [4.78, 5) is 37.4. The maximum absolute atomic E-state index is 14.0. The number of hydrogen-bond acceptors (Lipinski definition) is 11. The number of nitro groups is 1. The summed E-state index contributed by atoms with van der Waals surface area (Å²) in [7, 11) is -4.56. The molecule has 0 unspecified atom stereocenters. The Labute approximate surface area is 384 Å². The fraction of sp³-hybridized carbons (Fsp3) is 0.429. The summed E-state index contributed by atoms with van der Waals surface area (Å²) in [5.41, 5.74) is 5.60. The Morgan fingerprint density at radius 2 is 1.78 bits per heavy atom. The van der Waals surface area contributed by atoms with Gasteiger partial charge in [0.1, 0.15) is 22.8 Å². The smallest absolute Gasteiger partial charge is 0.293 e. The van der Waals surface area contributed by atoms with E-state index in [0.29, 0.717) is 23.9 Å². The molecule has 2 aliphatic heterocycles. The molecule has 16 heteroatoms. The van der Waals surface area contributed by atoms with Gasteiger partial charge in [-0.25, -0.2) is 18.1 Å². The number of ether oxygens (including phenoxy) is 2. The largest absolute Gasteiger partial charge is 0.455 e. The van der Waals surface area contributed by atoms with E-state index in [1.54, 1.807) is 30.5 Å². The summed E-state index contributed by atoms with van der Waals surface area (Å²) >= 11 is 6.25. The van der Waals surface area contributed by atoms with Crippen molar-refractivity contribution in [1.82, 2.24) is 19.6 Å². The van der Waals surface area contributed by atoms with Crippen molar-refractivity contribution in [2.24, 2.45) is 11.3 Å². The number of allylic oxidation sites excluding steroid dienone is 1. The SMILES string of the molecule is CC1(C)CCC(CN2CCN(c3ccc(C(=O)NS(=O)(=O)c4ccc(NC[C@H]5CC[C@@]6(CCCO6)CC5)c([N+](=O)[O-])c4)c(Oc4cnc5[nH]ccc5c4)c3)CC2)=C(c2ccc(Cl)cc2)C1. The van der Waals surface area contributed by atoms with E-state index < -0.39 is 31.4 Å². The Hall–Kier alpha value is -5.48. The number of piperazine rings is 1. The van der Waals surface area contributed by atoms with Crippen molar-refractivity contribution in [3.05, 3.63) is 117 Å². The number of carbonyl (C=O) groups is 1. The van der Waals surface area contributed by atoms with Crippen LogP contribution in [0.4, 0.5) is 17.1 Å². The number of aromatic amines is 1. The average Bonchev–Trinajstić information content (AvgIpc) is 3.96. The number of benzene rings is 3. The maximum Gasteiger partial charge on any atom is 0.293 e. The van der Waals surface area contributed by atoms with Gasteiger partial charge in [0.15, 0.2) is 0 Å². The van der Waals surface area contributed by atoms with Crippen LogP contribution >= 0.6 is 11.6 Å². The van der Waals surface area contributed by atoms with E-state index in [0.717, 1.165) is 119 Å². The first kappa shape index (κ1) is 44.7. The van der Waals surface area contributed by atoms with E-state index in [1.807, 2.05) is 18.2 Å². The van der Waals surface area contributed by atoms with Crippen LogP contribution in [0.2, 0.25) is 5.02 Å². The quantitative estimate of drug-likeness (QED) is 0.0758. The van der Waals surface area contributed by atoms with Crippen LogP contribution in [0.25, 0.3) is 16.6 Å². The Morgan fingerprint density at radius 1 is 1.00 bits per heavy atom. The highest BCUT2D eigenvalue weighted by Gasteiger charge is 2.39. The number of sulfonamides is 1. The van der Waals surface area contributed by atoms with Crippen molar-refractivity contribution in [2.45, 2.75) is 82.1 Å². The third-order valence-electron chi connectivity index (χ3n) is 13.8. The minimum absolute atomic E-state index is 0.0161. The minimum atomic E-state index is -4.56. The highest BCUT2D eigenvalue weighted by atomic mass is 35.5. The first-order valence-corrected chi connectivity index (χ1v) is 24.5. The molecule has 2 aliphatic carbocycles. The first-order valence-electron chi connectivity index (χ1n) is 22.6. The molecule has 5 aromatic rings. The summed E-state index contributed by atoms with van der Waals surface area (Å²) in [5, 5.41) is 17.0. The molecule has 342 valence electrons. The number of pyridine rings is 1. The number of nitrogens with one attached hydrogen (secondary N) is 3. The van der Waals surface area contributed by atoms with E-state index in [-0.39, 0.29) is 28.0 Å². The zero-order chi connectivity index (χ0) is 45.3. The molecule has 2 saturated heterocycles. The number of carbonyl (C=O) groups excluding carboxylic acids is 1. The Morgan fingerprint density at radius 3 is 2.52 bits per heavy atom. The fourth-order valence-electron chi connectivity index (χ4n) is 10.0. The second kappa shape index (κ2) is 18.4. The predicted octanol–water partition coefficient (Wildman–Crippen LogP) is 9.97. The third-order valence-corrected chi connectivity index (χ3v) is 15.4. The number of fused-ring (bicyclic) bond motifs is 1. The molecule has 2 aromatic heterocycles. The molecule has 65 heavy (non-hydrogen) atoms. The number of rotatable bonds is 13. The summed E-state index contributed by atoms with van der Waals surface area (Å²) in [6.07, 6.45) is 12.5. The molecule has 14 nitrogen and oxygen atoms in total. The summed E-state index contributed by atoms with van der Waals surface area (Å²) in [6.45, 7) is 9.98. The molecule has 3 N–H and O–H groups in total. The van der Waals surface area contributed by atoms with Gasteiger partial charge in [-0.3, -0.25) is 19.8 Å². The molecule has 4 aliphatic rings. The van der Waals surface area contributed by atoms with Crippen molar-refractivity contribution < 1.29 is 27.6 Å². The second-order valence-electron chi connectivity index (χ2n) is 18.9. The molecule has 3 fully saturated rings. The molecule has 1 amide bonds. The zero-order valence-electron chi connectivity index (χ0n) is 36.9. The van der Waals surface area contributed by atoms with E-state index in [9.17, 15) is 23.3 Å². The van der Waals surface area contributed by atoms with Crippen LogP contribution in [0.5, 0.6) is 11.5 Å². The molecule has 0 atom stereocenters. The van der Waals surface area contributed by atoms with Crippen molar-refractivity contribution >= 4 is 61.2 Å². The van der Waals surface area contributed by atoms with Crippen LogP contribution in [-0.4, -0.2) is 85.6 Å². The number of H-pyrrole nitrogens is 1. The molecule has 1 spiro atoms. The first-order chi connectivity index (χ1) is 31.2. The molecule has 0 radical (unpaired) electrons. The Kier molecular flexibility index (Phi) is 12.7. The third kappa shape index (κ3) is 10.2. The lowest BCUT2D eigenvalue weighted by atomic mass is 9.72. The number of anilines is 2. The highest BCUT2D eigenvalue weighted by molar-refractivity contribution is 7.90. The average molecular weight is 923 g/mol. The van der Waals surface area contributed by atoms with Crippen molar-refractivity contribution in [3.63, 3.8) is 0 Å². The van der Waals surface area contributed by atoms with Gasteiger partial charge in [-0.1, -0.05) is 43.2 Å². The topological polar surface area (TPSA) is 172 Å². The van der Waals surface area contributed by atoms with Gasteiger partial charge in [0.25, 0.3) is 21.6 Å². The van der Waals surface area contributed by atoms with E-state index in [4.69, 9.17) is 21.1 Å². The normalized spacial score (nSPS) is 21.5. The van der Waals surface area contributed by atoms with E-state index in [2.05, 4.69) is 55.8 Å². The van der Waals surface area contributed by atoms with Gasteiger partial charge >= 0.3 is 0 Å². The number of amides is 1. The van der Waals surface area contributed by atoms with Gasteiger partial charge in [0.2, 0.25) is 0 Å². The standard InChI is InChI=1S/C49H56ClN7O7S/c1-48(2)17-14-36(42(29-48)34-4-6-37(50)7-5-34)32-55-21-23-56(24-22-55)38-8-10-41(45(27-38)64-39-26-35-15-20-51-46(35)53-31-39)47(58)54-65(61,62)40-9-11-43(44(28-40)57(59)60)52-30-33-12-18-49(19-13-33)16-3-25-63-49/h4-11,15,20,26-28,31,33,52H,3,12-14,16-19,21-25,29-30,32H2,1-2H3,(H,51,53)(H,54,58)/t33-,49-. The van der Waals surface area contributed by atoms with Gasteiger partial charge in [0.05, 0.1) is 27.2 Å². The van der Waals surface area contributed by atoms with Gasteiger partial charge in [-0.05, 0) is 129 Å². The van der Waals surface area contributed by atoms with Crippen LogP contribution in [0, 0.1) is 21.4 Å². The number of hydrogen-bond donors (Lipinski definition) is 3. The van der Waals surface area contributed by atoms with Crippen molar-refractivity contribution in [3.8, 4) is 11.5 Å². The van der Waals surface area contributed by atoms with Gasteiger partial charge < -0.3 is 24.7 Å². The molecule has 4 heterocycles. The zero-order valence-corrected chi connectivity index (χ0v) is 38.5. The molecular formula is C49H56ClN7O7S. The van der Waals surface area contributed by atoms with Gasteiger partial charge in [-0.15, -0.1) is 0 Å². The monoisotopic (exact) mass is 921 g/mol. The molecule has 1 saturated carbocycles. The maximum atomic E-state index is 14.0. The highest BCUT2D eigenvalue weighted by Crippen LogP contribution is 2.44. The van der Waals surface area contributed by atoms with Crippen molar-refractivity contribution in [2.75, 3.05) is 56.1 Å². The predicted molar refractivity (Wildman–Crippen MR) is 253 cm³/mol. The molecule has 0 bridgehead atoms. The Bertz CT molecular complexity index is 2710. The van der Waals surface area contributed by atoms with Crippen LogP contribution in [-0.2, 0) is 14.8 Å². The Balaban J connectivity index is 0.905. The van der Waals surface area contributed by atoms with E-state index in [1.165, 1.54) is 35.0 Å². The van der Waals surface area contributed by atoms with Crippen LogP contribution in [0.1, 0.15) is 87.6 Å². The number of nitro benzene ring substituents is 1. The molecule has 3 aromatic carbocycles. The lowest BCUT2D eigenvalue weighted by Gasteiger charge is -2.39. The molecule has 9 rings (SSSR count). The lowest BCUT2D eigenvalue weighted by molar-refractivity contribution is -0.384. The summed E-state index contributed by atoms with van der Waals surface area (Å²) < 4.78 is 42.1. The lowest BCUT2D eigenvalue weighted by Crippen LogP contribution is -2.47. The van der Waals surface area contributed by atoms with Crippen LogP contribution in [0.3, 0.4) is 0 Å². The van der Waals surface area contributed by atoms with Crippen molar-refractivity contribution in [1.29, 1.82) is 0 Å². The number of halogens is 1. The molecular weight excluding hydrogens is 866 g/mol. The van der Waals surface area contributed by atoms with Gasteiger partial charge in [-0.2, -0.15) is 0 Å². The second-order valence-corrected chi connectivity index (χ2v) is 21.0. The van der Waals surface area contributed by atoms with Crippen LogP contribution < -0.4 is 19.7 Å². The minimum Gasteiger partial charge on any atom is -0.455 e. The van der Waals surface area contributed by atoms with Gasteiger partial charge in [0, 0.05) is 80.3 Å². The summed E-state index contributed by atoms with van der Waals surface area (Å²) in [5.74, 6) is -0.142. The fourth-order valence-corrected chi connectivity index (χ4v) is 11.1. The summed E-state index contributed by atoms with van der Waals surface area (Å²) in [6, 6.07) is 20.6.